The number of aromatic nitrogens is 2. The van der Waals surface area contributed by atoms with E-state index in [9.17, 15) is 4.79 Å². The van der Waals surface area contributed by atoms with Crippen molar-refractivity contribution in [3.8, 4) is 0 Å². The van der Waals surface area contributed by atoms with Gasteiger partial charge >= 0.3 is 0 Å². The Morgan fingerprint density at radius 2 is 2.09 bits per heavy atom. The second-order valence-electron chi connectivity index (χ2n) is 5.40. The third-order valence-corrected chi connectivity index (χ3v) is 4.56. The van der Waals surface area contributed by atoms with Crippen LogP contribution in [-0.4, -0.2) is 21.3 Å². The Balaban J connectivity index is 1.81. The molecule has 4 nitrogen and oxygen atoms in total. The summed E-state index contributed by atoms with van der Waals surface area (Å²) in [6, 6.07) is 9.36. The fraction of sp³-hybridized carbons (Fsp3) is 0.250. The van der Waals surface area contributed by atoms with Crippen molar-refractivity contribution in [1.29, 1.82) is 0 Å². The number of hydrogen-bond acceptors (Lipinski definition) is 4. The van der Waals surface area contributed by atoms with Crippen molar-refractivity contribution in [2.24, 2.45) is 0 Å². The molecule has 0 aliphatic carbocycles. The first kappa shape index (κ1) is 15.2. The van der Waals surface area contributed by atoms with Crippen LogP contribution in [0.25, 0.3) is 5.65 Å². The summed E-state index contributed by atoms with van der Waals surface area (Å²) in [7, 11) is 2.01. The summed E-state index contributed by atoms with van der Waals surface area (Å²) in [5, 5.41) is 0. The lowest BCUT2D eigenvalue weighted by Gasteiger charge is -2.15. The molecule has 3 rings (SSSR count). The summed E-state index contributed by atoms with van der Waals surface area (Å²) in [6.07, 6.45) is 1.81. The van der Waals surface area contributed by atoms with Crippen molar-refractivity contribution in [3.05, 3.63) is 67.4 Å². The smallest absolute Gasteiger partial charge is 0.258 e. The number of fused-ring (bicyclic) bond motifs is 1. The van der Waals surface area contributed by atoms with Gasteiger partial charge in [0.2, 0.25) is 0 Å². The number of pyridine rings is 1. The summed E-state index contributed by atoms with van der Waals surface area (Å²) in [4.78, 5) is 20.1. The SMILES string of the molecule is Cc1ccc2nc(CN(C)Cc3ccc(Cl)s3)cc(=O)n2c1. The second kappa shape index (κ2) is 6.20. The van der Waals surface area contributed by atoms with Gasteiger partial charge in [0.15, 0.2) is 0 Å². The number of hydrogen-bond donors (Lipinski definition) is 0. The Hall–Kier alpha value is -1.69. The molecule has 0 aliphatic heterocycles. The van der Waals surface area contributed by atoms with Crippen LogP contribution in [0, 0.1) is 6.92 Å². The van der Waals surface area contributed by atoms with E-state index in [1.807, 2.05) is 44.4 Å². The molecule has 0 aliphatic rings. The lowest BCUT2D eigenvalue weighted by Crippen LogP contribution is -2.21. The van der Waals surface area contributed by atoms with Gasteiger partial charge < -0.3 is 0 Å². The molecule has 0 unspecified atom stereocenters. The molecule has 0 radical (unpaired) electrons. The maximum Gasteiger partial charge on any atom is 0.258 e. The Bertz CT molecular complexity index is 871. The van der Waals surface area contributed by atoms with E-state index in [2.05, 4.69) is 9.88 Å². The van der Waals surface area contributed by atoms with Gasteiger partial charge in [-0.2, -0.15) is 0 Å². The first-order valence-corrected chi connectivity index (χ1v) is 8.12. The second-order valence-corrected chi connectivity index (χ2v) is 7.20. The first-order chi connectivity index (χ1) is 10.5. The zero-order chi connectivity index (χ0) is 15.7. The van der Waals surface area contributed by atoms with Gasteiger partial charge in [0.25, 0.3) is 5.56 Å². The molecular weight excluding hydrogens is 318 g/mol. The Morgan fingerprint density at radius 1 is 1.27 bits per heavy atom. The zero-order valence-electron chi connectivity index (χ0n) is 12.4. The molecule has 0 saturated carbocycles. The van der Waals surface area contributed by atoms with Gasteiger partial charge in [0, 0.05) is 30.2 Å². The number of halogens is 1. The van der Waals surface area contributed by atoms with E-state index in [1.54, 1.807) is 21.8 Å². The molecule has 0 aromatic carbocycles. The van der Waals surface area contributed by atoms with Crippen molar-refractivity contribution >= 4 is 28.6 Å². The van der Waals surface area contributed by atoms with E-state index in [0.29, 0.717) is 12.2 Å². The van der Waals surface area contributed by atoms with E-state index in [0.717, 1.165) is 22.1 Å². The molecule has 0 bridgehead atoms. The van der Waals surface area contributed by atoms with Crippen LogP contribution in [0.3, 0.4) is 0 Å². The lowest BCUT2D eigenvalue weighted by molar-refractivity contribution is 0.318. The highest BCUT2D eigenvalue weighted by Gasteiger charge is 2.08. The minimum absolute atomic E-state index is 0.0451. The summed E-state index contributed by atoms with van der Waals surface area (Å²) < 4.78 is 2.37. The minimum Gasteiger partial charge on any atom is -0.295 e. The predicted octanol–water partition coefficient (Wildman–Crippen LogP) is 3.35. The van der Waals surface area contributed by atoms with Crippen molar-refractivity contribution in [2.45, 2.75) is 20.0 Å². The van der Waals surface area contributed by atoms with E-state index >= 15 is 0 Å². The van der Waals surface area contributed by atoms with E-state index < -0.39 is 0 Å². The maximum atomic E-state index is 12.2. The Labute approximate surface area is 137 Å². The third-order valence-electron chi connectivity index (χ3n) is 3.35. The summed E-state index contributed by atoms with van der Waals surface area (Å²) in [5.41, 5.74) is 2.45. The quantitative estimate of drug-likeness (QED) is 0.735. The van der Waals surface area contributed by atoms with Crippen LogP contribution < -0.4 is 5.56 Å². The molecule has 114 valence electrons. The molecule has 0 N–H and O–H groups in total. The standard InChI is InChI=1S/C16H16ClN3OS/c1-11-3-6-15-18-12(7-16(21)20(15)8-11)9-19(2)10-13-4-5-14(17)22-13/h3-8H,9-10H2,1-2H3. The van der Waals surface area contributed by atoms with Crippen LogP contribution in [0.1, 0.15) is 16.1 Å². The van der Waals surface area contributed by atoms with Gasteiger partial charge in [-0.15, -0.1) is 11.3 Å². The molecule has 0 fully saturated rings. The molecule has 0 saturated heterocycles. The molecule has 0 atom stereocenters. The fourth-order valence-corrected chi connectivity index (χ4v) is 3.54. The Morgan fingerprint density at radius 3 is 2.82 bits per heavy atom. The van der Waals surface area contributed by atoms with E-state index in [1.165, 1.54) is 4.88 Å². The topological polar surface area (TPSA) is 37.6 Å². The van der Waals surface area contributed by atoms with Crippen LogP contribution >= 0.6 is 22.9 Å². The Kier molecular flexibility index (Phi) is 4.29. The van der Waals surface area contributed by atoms with Gasteiger partial charge in [-0.25, -0.2) is 4.98 Å². The van der Waals surface area contributed by atoms with Gasteiger partial charge in [-0.3, -0.25) is 14.1 Å². The molecular formula is C16H16ClN3OS. The van der Waals surface area contributed by atoms with E-state index in [-0.39, 0.29) is 5.56 Å². The molecule has 0 amide bonds. The van der Waals surface area contributed by atoms with Crippen LogP contribution in [0.2, 0.25) is 4.34 Å². The number of thiophene rings is 1. The van der Waals surface area contributed by atoms with Crippen molar-refractivity contribution in [1.82, 2.24) is 14.3 Å². The van der Waals surface area contributed by atoms with Crippen LogP contribution in [0.15, 0.2) is 41.3 Å². The van der Waals surface area contributed by atoms with Crippen LogP contribution in [-0.2, 0) is 13.1 Å². The monoisotopic (exact) mass is 333 g/mol. The van der Waals surface area contributed by atoms with Gasteiger partial charge in [-0.05, 0) is 37.7 Å². The summed E-state index contributed by atoms with van der Waals surface area (Å²) >= 11 is 7.52. The average molecular weight is 334 g/mol. The van der Waals surface area contributed by atoms with Gasteiger partial charge in [0.05, 0.1) is 10.0 Å². The zero-order valence-corrected chi connectivity index (χ0v) is 14.0. The predicted molar refractivity (Wildman–Crippen MR) is 90.7 cm³/mol. The largest absolute Gasteiger partial charge is 0.295 e. The average Bonchev–Trinajstić information content (AvgIpc) is 2.85. The van der Waals surface area contributed by atoms with Gasteiger partial charge in [-0.1, -0.05) is 17.7 Å². The van der Waals surface area contributed by atoms with Crippen molar-refractivity contribution in [2.75, 3.05) is 7.05 Å². The highest BCUT2D eigenvalue weighted by Crippen LogP contribution is 2.22. The number of nitrogens with zero attached hydrogens (tertiary/aromatic N) is 3. The summed E-state index contributed by atoms with van der Waals surface area (Å²) in [6.45, 7) is 3.36. The number of aryl methyl sites for hydroxylation is 1. The maximum absolute atomic E-state index is 12.2. The van der Waals surface area contributed by atoms with Crippen LogP contribution in [0.5, 0.6) is 0 Å². The normalized spacial score (nSPS) is 11.5. The third kappa shape index (κ3) is 3.38. The van der Waals surface area contributed by atoms with Crippen LogP contribution in [0.4, 0.5) is 0 Å². The molecule has 3 aromatic rings. The first-order valence-electron chi connectivity index (χ1n) is 6.93. The fourth-order valence-electron chi connectivity index (χ4n) is 2.37. The highest BCUT2D eigenvalue weighted by molar-refractivity contribution is 7.16. The number of rotatable bonds is 4. The molecule has 22 heavy (non-hydrogen) atoms. The molecule has 0 spiro atoms. The minimum atomic E-state index is -0.0451. The molecule has 3 aromatic heterocycles. The van der Waals surface area contributed by atoms with Crippen molar-refractivity contribution < 1.29 is 0 Å². The van der Waals surface area contributed by atoms with E-state index in [4.69, 9.17) is 11.6 Å². The van der Waals surface area contributed by atoms with Crippen molar-refractivity contribution in [3.63, 3.8) is 0 Å². The highest BCUT2D eigenvalue weighted by atomic mass is 35.5. The lowest BCUT2D eigenvalue weighted by atomic mass is 10.3. The summed E-state index contributed by atoms with van der Waals surface area (Å²) in [5.74, 6) is 0. The molecule has 6 heteroatoms. The molecule has 3 heterocycles. The van der Waals surface area contributed by atoms with Gasteiger partial charge in [0.1, 0.15) is 5.65 Å².